The Balaban J connectivity index is 1.61. The highest BCUT2D eigenvalue weighted by molar-refractivity contribution is 5.37. The van der Waals surface area contributed by atoms with Gasteiger partial charge in [0.05, 0.1) is 6.54 Å². The minimum absolute atomic E-state index is 0.0676. The molecule has 0 radical (unpaired) electrons. The van der Waals surface area contributed by atoms with Crippen LogP contribution >= 0.6 is 0 Å². The van der Waals surface area contributed by atoms with E-state index in [0.717, 1.165) is 55.8 Å². The fourth-order valence-electron chi connectivity index (χ4n) is 2.79. The molecule has 122 valence electrons. The highest BCUT2D eigenvalue weighted by Crippen LogP contribution is 2.13. The van der Waals surface area contributed by atoms with E-state index in [9.17, 15) is 4.79 Å². The van der Waals surface area contributed by atoms with Crippen LogP contribution in [0.15, 0.2) is 23.1 Å². The van der Waals surface area contributed by atoms with Crippen molar-refractivity contribution in [2.24, 2.45) is 0 Å². The number of hydrogen-bond donors (Lipinski definition) is 1. The molecule has 23 heavy (non-hydrogen) atoms. The van der Waals surface area contributed by atoms with Crippen LogP contribution in [0.25, 0.3) is 0 Å². The highest BCUT2D eigenvalue weighted by Gasteiger charge is 2.19. The van der Waals surface area contributed by atoms with E-state index in [1.807, 2.05) is 19.9 Å². The molecule has 1 aliphatic heterocycles. The van der Waals surface area contributed by atoms with Gasteiger partial charge < -0.3 is 9.88 Å². The maximum atomic E-state index is 11.6. The van der Waals surface area contributed by atoms with Gasteiger partial charge in [0.15, 0.2) is 0 Å². The van der Waals surface area contributed by atoms with Crippen LogP contribution in [0.2, 0.25) is 0 Å². The smallest absolute Gasteiger partial charge is 0.251 e. The van der Waals surface area contributed by atoms with Crippen molar-refractivity contribution in [2.45, 2.75) is 26.8 Å². The van der Waals surface area contributed by atoms with Crippen molar-refractivity contribution in [3.05, 3.63) is 46.0 Å². The summed E-state index contributed by atoms with van der Waals surface area (Å²) >= 11 is 0. The van der Waals surface area contributed by atoms with Crippen LogP contribution in [0.5, 0.6) is 0 Å². The Kier molecular flexibility index (Phi) is 4.66. The second kappa shape index (κ2) is 6.87. The van der Waals surface area contributed by atoms with Crippen molar-refractivity contribution < 1.29 is 0 Å². The van der Waals surface area contributed by atoms with Gasteiger partial charge in [-0.05, 0) is 19.4 Å². The third-order valence-electron chi connectivity index (χ3n) is 4.04. The minimum Gasteiger partial charge on any atom is -0.354 e. The van der Waals surface area contributed by atoms with E-state index >= 15 is 0 Å². The van der Waals surface area contributed by atoms with Crippen LogP contribution in [0, 0.1) is 6.92 Å². The van der Waals surface area contributed by atoms with Gasteiger partial charge in [-0.25, -0.2) is 15.0 Å². The number of aryl methyl sites for hydroxylation is 2. The molecule has 2 aromatic rings. The molecular formula is C16H22N6O. The molecule has 7 heteroatoms. The third kappa shape index (κ3) is 3.92. The van der Waals surface area contributed by atoms with Crippen LogP contribution in [-0.2, 0) is 13.0 Å². The maximum Gasteiger partial charge on any atom is 0.251 e. The lowest BCUT2D eigenvalue weighted by atomic mass is 10.3. The summed E-state index contributed by atoms with van der Waals surface area (Å²) in [6.07, 6.45) is 2.58. The number of aromatic nitrogens is 4. The minimum atomic E-state index is -0.0676. The first-order valence-corrected chi connectivity index (χ1v) is 8.00. The van der Waals surface area contributed by atoms with Crippen LogP contribution in [-0.4, -0.2) is 51.0 Å². The second-order valence-electron chi connectivity index (χ2n) is 5.76. The van der Waals surface area contributed by atoms with Crippen molar-refractivity contribution in [3.8, 4) is 0 Å². The first-order chi connectivity index (χ1) is 11.1. The molecule has 1 saturated heterocycles. The van der Waals surface area contributed by atoms with Gasteiger partial charge in [0, 0.05) is 44.1 Å². The molecule has 2 aromatic heterocycles. The average Bonchev–Trinajstić information content (AvgIpc) is 2.55. The zero-order chi connectivity index (χ0) is 16.2. The Labute approximate surface area is 135 Å². The predicted octanol–water partition coefficient (Wildman–Crippen LogP) is 0.753. The molecular weight excluding hydrogens is 292 g/mol. The monoisotopic (exact) mass is 314 g/mol. The van der Waals surface area contributed by atoms with E-state index < -0.39 is 0 Å². The van der Waals surface area contributed by atoms with Crippen molar-refractivity contribution in [1.29, 1.82) is 0 Å². The Hall–Kier alpha value is -2.28. The number of anilines is 1. The second-order valence-corrected chi connectivity index (χ2v) is 5.76. The van der Waals surface area contributed by atoms with E-state index in [2.05, 4.69) is 29.7 Å². The lowest BCUT2D eigenvalue weighted by Crippen LogP contribution is -2.46. The molecule has 1 fully saturated rings. The molecule has 0 atom stereocenters. The van der Waals surface area contributed by atoms with Crippen LogP contribution < -0.4 is 10.5 Å². The molecule has 3 heterocycles. The van der Waals surface area contributed by atoms with Gasteiger partial charge in [0.1, 0.15) is 17.5 Å². The highest BCUT2D eigenvalue weighted by atomic mass is 16.1. The Morgan fingerprint density at radius 3 is 2.70 bits per heavy atom. The molecule has 0 amide bonds. The van der Waals surface area contributed by atoms with E-state index in [-0.39, 0.29) is 5.56 Å². The number of rotatable bonds is 4. The fraction of sp³-hybridized carbons (Fsp3) is 0.500. The van der Waals surface area contributed by atoms with Gasteiger partial charge >= 0.3 is 0 Å². The first kappa shape index (κ1) is 15.6. The lowest BCUT2D eigenvalue weighted by molar-refractivity contribution is 0.243. The Bertz CT molecular complexity index is 721. The number of hydrogen-bond acceptors (Lipinski definition) is 6. The number of piperazine rings is 1. The van der Waals surface area contributed by atoms with Crippen molar-refractivity contribution in [3.63, 3.8) is 0 Å². The molecule has 1 aliphatic rings. The van der Waals surface area contributed by atoms with Crippen molar-refractivity contribution in [2.75, 3.05) is 31.1 Å². The summed E-state index contributed by atoms with van der Waals surface area (Å²) in [7, 11) is 0. The average molecular weight is 314 g/mol. The van der Waals surface area contributed by atoms with E-state index in [1.165, 1.54) is 0 Å². The molecule has 0 spiro atoms. The molecule has 0 saturated carbocycles. The zero-order valence-corrected chi connectivity index (χ0v) is 13.6. The van der Waals surface area contributed by atoms with Gasteiger partial charge in [-0.1, -0.05) is 6.92 Å². The predicted molar refractivity (Wildman–Crippen MR) is 88.5 cm³/mol. The van der Waals surface area contributed by atoms with E-state index in [0.29, 0.717) is 6.54 Å². The molecule has 0 aromatic carbocycles. The molecule has 0 aliphatic carbocycles. The number of nitrogens with zero attached hydrogens (tertiary/aromatic N) is 5. The summed E-state index contributed by atoms with van der Waals surface area (Å²) in [6, 6.07) is 3.52. The van der Waals surface area contributed by atoms with E-state index in [4.69, 9.17) is 0 Å². The number of aromatic amines is 1. The van der Waals surface area contributed by atoms with Gasteiger partial charge in [0.25, 0.3) is 5.56 Å². The fourth-order valence-corrected chi connectivity index (χ4v) is 2.79. The summed E-state index contributed by atoms with van der Waals surface area (Å²) in [5.74, 6) is 2.53. The third-order valence-corrected chi connectivity index (χ3v) is 4.04. The van der Waals surface area contributed by atoms with Gasteiger partial charge in [-0.3, -0.25) is 9.69 Å². The topological polar surface area (TPSA) is 78.0 Å². The zero-order valence-electron chi connectivity index (χ0n) is 13.6. The summed E-state index contributed by atoms with van der Waals surface area (Å²) in [6.45, 7) is 8.25. The first-order valence-electron chi connectivity index (χ1n) is 8.00. The Morgan fingerprint density at radius 1 is 1.22 bits per heavy atom. The summed E-state index contributed by atoms with van der Waals surface area (Å²) in [4.78, 5) is 32.2. The summed E-state index contributed by atoms with van der Waals surface area (Å²) in [5.41, 5.74) is 0.779. The molecule has 3 rings (SSSR count). The quantitative estimate of drug-likeness (QED) is 0.897. The largest absolute Gasteiger partial charge is 0.354 e. The molecule has 0 unspecified atom stereocenters. The van der Waals surface area contributed by atoms with Gasteiger partial charge in [-0.15, -0.1) is 0 Å². The van der Waals surface area contributed by atoms with Crippen LogP contribution in [0.3, 0.4) is 0 Å². The summed E-state index contributed by atoms with van der Waals surface area (Å²) in [5, 5.41) is 0. The number of nitrogens with one attached hydrogen (secondary N) is 1. The number of H-pyrrole nitrogens is 1. The van der Waals surface area contributed by atoms with Crippen molar-refractivity contribution >= 4 is 5.82 Å². The van der Waals surface area contributed by atoms with E-state index in [1.54, 1.807) is 12.3 Å². The van der Waals surface area contributed by atoms with Crippen LogP contribution in [0.1, 0.15) is 24.3 Å². The van der Waals surface area contributed by atoms with Crippen LogP contribution in [0.4, 0.5) is 5.82 Å². The SMILES string of the molecule is CCc1cc(=O)[nH]c(CN2CCN(c3ccnc(C)n3)CC2)n1. The van der Waals surface area contributed by atoms with Gasteiger partial charge in [0.2, 0.25) is 0 Å². The normalized spacial score (nSPS) is 15.8. The molecule has 1 N–H and O–H groups in total. The Morgan fingerprint density at radius 2 is 2.00 bits per heavy atom. The molecule has 7 nitrogen and oxygen atoms in total. The van der Waals surface area contributed by atoms with Gasteiger partial charge in [-0.2, -0.15) is 0 Å². The summed E-state index contributed by atoms with van der Waals surface area (Å²) < 4.78 is 0. The maximum absolute atomic E-state index is 11.6. The standard InChI is InChI=1S/C16H22N6O/c1-3-13-10-16(23)20-14(19-13)11-21-6-8-22(9-7-21)15-4-5-17-12(2)18-15/h4-5,10H,3,6-9,11H2,1-2H3,(H,19,20,23). The van der Waals surface area contributed by atoms with Crippen molar-refractivity contribution in [1.82, 2.24) is 24.8 Å². The molecule has 0 bridgehead atoms. The lowest BCUT2D eigenvalue weighted by Gasteiger charge is -2.35.